The Morgan fingerprint density at radius 1 is 1.33 bits per heavy atom. The minimum Gasteiger partial charge on any atom is -0.363 e. The van der Waals surface area contributed by atoms with Crippen molar-refractivity contribution < 1.29 is 0 Å². The maximum Gasteiger partial charge on any atom is 0.149 e. The van der Waals surface area contributed by atoms with Crippen molar-refractivity contribution in [3.05, 3.63) is 35.7 Å². The van der Waals surface area contributed by atoms with Crippen molar-refractivity contribution in [1.29, 1.82) is 10.5 Å². The molecule has 0 aromatic rings. The Morgan fingerprint density at radius 2 is 2.08 bits per heavy atom. The van der Waals surface area contributed by atoms with E-state index >= 15 is 0 Å². The number of nitriles is 2. The second kappa shape index (κ2) is 4.00. The zero-order valence-corrected chi connectivity index (χ0v) is 6.41. The van der Waals surface area contributed by atoms with E-state index in [0.29, 0.717) is 12.1 Å². The highest BCUT2D eigenvalue weighted by molar-refractivity contribution is 5.41. The van der Waals surface area contributed by atoms with Crippen LogP contribution in [0.15, 0.2) is 35.7 Å². The van der Waals surface area contributed by atoms with E-state index in [9.17, 15) is 0 Å². The molecule has 3 nitrogen and oxygen atoms in total. The Labute approximate surface area is 70.9 Å². The molecule has 0 spiro atoms. The van der Waals surface area contributed by atoms with Gasteiger partial charge in [0.1, 0.15) is 17.7 Å². The normalized spacial score (nSPS) is 14.0. The molecule has 0 fully saturated rings. The number of nitrogens with one attached hydrogen (secondary N) is 1. The zero-order valence-electron chi connectivity index (χ0n) is 6.41. The van der Waals surface area contributed by atoms with Crippen LogP contribution >= 0.6 is 0 Å². The van der Waals surface area contributed by atoms with Crippen molar-refractivity contribution >= 4 is 0 Å². The summed E-state index contributed by atoms with van der Waals surface area (Å²) in [6, 6.07) is 3.67. The quantitative estimate of drug-likeness (QED) is 0.540. The molecule has 0 aliphatic carbocycles. The van der Waals surface area contributed by atoms with Crippen LogP contribution in [0.25, 0.3) is 0 Å². The lowest BCUT2D eigenvalue weighted by Gasteiger charge is -2.00. The molecule has 0 aromatic carbocycles. The van der Waals surface area contributed by atoms with Crippen molar-refractivity contribution in [1.82, 2.24) is 5.32 Å². The minimum absolute atomic E-state index is 0.145. The molecule has 12 heavy (non-hydrogen) atoms. The first-order valence-corrected chi connectivity index (χ1v) is 3.50. The molecule has 0 atom stereocenters. The van der Waals surface area contributed by atoms with E-state index in [1.54, 1.807) is 6.20 Å². The van der Waals surface area contributed by atoms with Gasteiger partial charge in [0.25, 0.3) is 0 Å². The molecule has 1 rings (SSSR count). The molecular formula is C9H7N3. The van der Waals surface area contributed by atoms with Crippen molar-refractivity contribution in [2.24, 2.45) is 0 Å². The summed E-state index contributed by atoms with van der Waals surface area (Å²) in [5, 5.41) is 20.0. The number of rotatable bonds is 0. The molecule has 0 saturated carbocycles. The first-order valence-electron chi connectivity index (χ1n) is 3.50. The Hall–Kier alpha value is -2.00. The Morgan fingerprint density at radius 3 is 2.75 bits per heavy atom. The first kappa shape index (κ1) is 8.10. The highest BCUT2D eigenvalue weighted by atomic mass is 14.9. The number of hydrogen-bond donors (Lipinski definition) is 1. The predicted octanol–water partition coefficient (Wildman–Crippen LogP) is 1.35. The third-order valence-corrected chi connectivity index (χ3v) is 1.45. The van der Waals surface area contributed by atoms with Gasteiger partial charge >= 0.3 is 0 Å². The smallest absolute Gasteiger partial charge is 0.149 e. The van der Waals surface area contributed by atoms with E-state index in [2.05, 4.69) is 5.32 Å². The summed E-state index contributed by atoms with van der Waals surface area (Å²) in [6.07, 6.45) is 7.88. The molecule has 0 radical (unpaired) electrons. The summed E-state index contributed by atoms with van der Waals surface area (Å²) in [5.74, 6) is 0. The van der Waals surface area contributed by atoms with Crippen molar-refractivity contribution in [2.75, 3.05) is 0 Å². The molecule has 3 heteroatoms. The van der Waals surface area contributed by atoms with Crippen LogP contribution in [-0.4, -0.2) is 0 Å². The lowest BCUT2D eigenvalue weighted by molar-refractivity contribution is 0.991. The van der Waals surface area contributed by atoms with Crippen molar-refractivity contribution in [3.8, 4) is 12.1 Å². The van der Waals surface area contributed by atoms with E-state index in [1.807, 2.05) is 30.4 Å². The molecular weight excluding hydrogens is 150 g/mol. The third-order valence-electron chi connectivity index (χ3n) is 1.45. The van der Waals surface area contributed by atoms with Gasteiger partial charge in [-0.1, -0.05) is 12.2 Å². The lowest BCUT2D eigenvalue weighted by atomic mass is 10.2. The van der Waals surface area contributed by atoms with Crippen molar-refractivity contribution in [2.45, 2.75) is 6.42 Å². The van der Waals surface area contributed by atoms with Crippen LogP contribution in [0.1, 0.15) is 6.42 Å². The maximum atomic E-state index is 8.55. The van der Waals surface area contributed by atoms with Crippen LogP contribution in [0.3, 0.4) is 0 Å². The van der Waals surface area contributed by atoms with Gasteiger partial charge in [-0.2, -0.15) is 10.5 Å². The summed E-state index contributed by atoms with van der Waals surface area (Å²) < 4.78 is 0. The summed E-state index contributed by atoms with van der Waals surface area (Å²) in [5.41, 5.74) is 0.802. The van der Waals surface area contributed by atoms with Gasteiger partial charge in [-0.05, 0) is 6.08 Å². The monoisotopic (exact) mass is 157 g/mol. The van der Waals surface area contributed by atoms with E-state index < -0.39 is 0 Å². The SMILES string of the molecule is N#CC(C#N)=C1CC=CC=CN1. The van der Waals surface area contributed by atoms with E-state index in [-0.39, 0.29) is 5.57 Å². The van der Waals surface area contributed by atoms with Crippen LogP contribution in [0, 0.1) is 22.7 Å². The average molecular weight is 157 g/mol. The number of hydrogen-bond acceptors (Lipinski definition) is 3. The van der Waals surface area contributed by atoms with Gasteiger partial charge in [-0.3, -0.25) is 0 Å². The lowest BCUT2D eigenvalue weighted by Crippen LogP contribution is -2.05. The van der Waals surface area contributed by atoms with Crippen LogP contribution < -0.4 is 5.32 Å². The van der Waals surface area contributed by atoms with Crippen LogP contribution in [-0.2, 0) is 0 Å². The highest BCUT2D eigenvalue weighted by Gasteiger charge is 2.03. The highest BCUT2D eigenvalue weighted by Crippen LogP contribution is 2.07. The predicted molar refractivity (Wildman–Crippen MR) is 44.3 cm³/mol. The fraction of sp³-hybridized carbons (Fsp3) is 0.111. The van der Waals surface area contributed by atoms with Crippen LogP contribution in [0.4, 0.5) is 0 Å². The van der Waals surface area contributed by atoms with Gasteiger partial charge in [0, 0.05) is 18.3 Å². The largest absolute Gasteiger partial charge is 0.363 e. The summed E-state index contributed by atoms with van der Waals surface area (Å²) in [6.45, 7) is 0. The van der Waals surface area contributed by atoms with E-state index in [0.717, 1.165) is 0 Å². The maximum absolute atomic E-state index is 8.55. The summed E-state index contributed by atoms with van der Waals surface area (Å²) in [4.78, 5) is 0. The van der Waals surface area contributed by atoms with Gasteiger partial charge in [-0.25, -0.2) is 0 Å². The molecule has 1 aliphatic rings. The molecule has 0 aromatic heterocycles. The van der Waals surface area contributed by atoms with Gasteiger partial charge in [0.15, 0.2) is 0 Å². The van der Waals surface area contributed by atoms with Crippen LogP contribution in [0.5, 0.6) is 0 Å². The minimum atomic E-state index is 0.145. The second-order valence-electron chi connectivity index (χ2n) is 2.21. The van der Waals surface area contributed by atoms with E-state index in [1.165, 1.54) is 0 Å². The van der Waals surface area contributed by atoms with E-state index in [4.69, 9.17) is 10.5 Å². The topological polar surface area (TPSA) is 59.6 Å². The zero-order chi connectivity index (χ0) is 8.81. The Balaban J connectivity index is 2.96. The Kier molecular flexibility index (Phi) is 2.70. The van der Waals surface area contributed by atoms with Crippen LogP contribution in [0.2, 0.25) is 0 Å². The molecule has 1 N–H and O–H groups in total. The van der Waals surface area contributed by atoms with Gasteiger partial charge in [0.2, 0.25) is 0 Å². The van der Waals surface area contributed by atoms with Crippen molar-refractivity contribution in [3.63, 3.8) is 0 Å². The molecule has 0 saturated heterocycles. The second-order valence-corrected chi connectivity index (χ2v) is 2.21. The summed E-state index contributed by atoms with van der Waals surface area (Å²) in [7, 11) is 0. The van der Waals surface area contributed by atoms with Gasteiger partial charge in [0.05, 0.1) is 0 Å². The molecule has 0 amide bonds. The number of nitrogens with zero attached hydrogens (tertiary/aromatic N) is 2. The third kappa shape index (κ3) is 1.74. The standard InChI is InChI=1S/C9H7N3/c10-6-8(7-11)9-4-2-1-3-5-12-9/h1-3,5,12H,4H2. The molecule has 1 heterocycles. The van der Waals surface area contributed by atoms with Gasteiger partial charge in [-0.15, -0.1) is 0 Å². The molecule has 58 valence electrons. The molecule has 0 bridgehead atoms. The average Bonchev–Trinajstić information content (AvgIpc) is 2.35. The molecule has 0 unspecified atom stereocenters. The first-order chi connectivity index (χ1) is 5.88. The number of allylic oxidation sites excluding steroid dienone is 4. The molecule has 1 aliphatic heterocycles. The fourth-order valence-electron chi connectivity index (χ4n) is 0.862. The fourth-order valence-corrected chi connectivity index (χ4v) is 0.862. The Bertz CT molecular complexity index is 302. The summed E-state index contributed by atoms with van der Waals surface area (Å²) >= 11 is 0. The van der Waals surface area contributed by atoms with Gasteiger partial charge < -0.3 is 5.32 Å².